The Hall–Kier alpha value is -3.85. The molecule has 1 fully saturated rings. The van der Waals surface area contributed by atoms with Gasteiger partial charge in [-0.05, 0) is 49.2 Å². The van der Waals surface area contributed by atoms with Crippen LogP contribution in [0.2, 0.25) is 0 Å². The molecule has 2 aromatic carbocycles. The third kappa shape index (κ3) is 3.07. The number of ether oxygens (including phenoxy) is 2. The standard InChI is InChI=1S/C25H26N4O5/c1-25-21-16(18-14-15(34-3)8-9-19(18)27-21)10-12-28(25)24(32)29(23(25)31)20-7-5-4-6-17(20)22(30)26-11-13-33-2/h4-9,14,27H,10-13H2,1-3H3,(H,26,30)/t25-/m0/s1. The molecular weight excluding hydrogens is 436 g/mol. The number of aromatic amines is 1. The summed E-state index contributed by atoms with van der Waals surface area (Å²) in [5.74, 6) is -0.0402. The number of benzene rings is 2. The lowest BCUT2D eigenvalue weighted by Gasteiger charge is -2.35. The zero-order valence-electron chi connectivity index (χ0n) is 19.3. The van der Waals surface area contributed by atoms with E-state index >= 15 is 0 Å². The van der Waals surface area contributed by atoms with E-state index in [4.69, 9.17) is 9.47 Å². The maximum absolute atomic E-state index is 13.9. The van der Waals surface area contributed by atoms with E-state index in [-0.39, 0.29) is 17.2 Å². The number of aromatic nitrogens is 1. The average Bonchev–Trinajstić information content (AvgIpc) is 3.32. The highest BCUT2D eigenvalue weighted by Gasteiger charge is 2.59. The minimum atomic E-state index is -1.21. The van der Waals surface area contributed by atoms with Crippen molar-refractivity contribution in [3.63, 3.8) is 0 Å². The van der Waals surface area contributed by atoms with Gasteiger partial charge in [-0.1, -0.05) is 12.1 Å². The summed E-state index contributed by atoms with van der Waals surface area (Å²) in [5.41, 5.74) is 1.89. The van der Waals surface area contributed by atoms with E-state index in [1.807, 2.05) is 18.2 Å². The highest BCUT2D eigenvalue weighted by atomic mass is 16.5. The normalized spacial score (nSPS) is 19.4. The minimum absolute atomic E-state index is 0.255. The van der Waals surface area contributed by atoms with Crippen molar-refractivity contribution in [3.05, 3.63) is 59.3 Å². The fourth-order valence-corrected chi connectivity index (χ4v) is 4.98. The van der Waals surface area contributed by atoms with E-state index in [1.165, 1.54) is 0 Å². The zero-order chi connectivity index (χ0) is 24.0. The Labute approximate surface area is 196 Å². The van der Waals surface area contributed by atoms with Crippen LogP contribution in [0.4, 0.5) is 10.5 Å². The van der Waals surface area contributed by atoms with E-state index in [1.54, 1.807) is 50.3 Å². The van der Waals surface area contributed by atoms with Crippen molar-refractivity contribution in [2.24, 2.45) is 0 Å². The fraction of sp³-hybridized carbons (Fsp3) is 0.320. The van der Waals surface area contributed by atoms with Gasteiger partial charge in [0.2, 0.25) is 0 Å². The van der Waals surface area contributed by atoms with Crippen LogP contribution in [0.25, 0.3) is 10.9 Å². The van der Waals surface area contributed by atoms with Gasteiger partial charge < -0.3 is 24.7 Å². The molecule has 1 aromatic heterocycles. The predicted molar refractivity (Wildman–Crippen MR) is 126 cm³/mol. The Bertz CT molecular complexity index is 1320. The zero-order valence-corrected chi connectivity index (χ0v) is 19.3. The van der Waals surface area contributed by atoms with Crippen molar-refractivity contribution < 1.29 is 23.9 Å². The Balaban J connectivity index is 1.58. The molecule has 0 spiro atoms. The Kier molecular flexibility index (Phi) is 5.28. The molecule has 9 nitrogen and oxygen atoms in total. The minimum Gasteiger partial charge on any atom is -0.497 e. The molecular formula is C25H26N4O5. The largest absolute Gasteiger partial charge is 0.497 e. The first-order valence-electron chi connectivity index (χ1n) is 11.1. The third-order valence-corrected chi connectivity index (χ3v) is 6.75. The molecule has 1 saturated heterocycles. The van der Waals surface area contributed by atoms with Crippen molar-refractivity contribution in [2.45, 2.75) is 18.9 Å². The lowest BCUT2D eigenvalue weighted by atomic mass is 9.87. The quantitative estimate of drug-likeness (QED) is 0.433. The molecule has 34 heavy (non-hydrogen) atoms. The summed E-state index contributed by atoms with van der Waals surface area (Å²) in [5, 5.41) is 3.74. The number of H-pyrrole nitrogens is 1. The van der Waals surface area contributed by atoms with E-state index < -0.39 is 17.5 Å². The Morgan fingerprint density at radius 3 is 2.74 bits per heavy atom. The molecule has 4 amide bonds. The van der Waals surface area contributed by atoms with Crippen molar-refractivity contribution in [1.82, 2.24) is 15.2 Å². The molecule has 9 heteroatoms. The molecule has 3 heterocycles. The van der Waals surface area contributed by atoms with Crippen LogP contribution in [0.15, 0.2) is 42.5 Å². The van der Waals surface area contributed by atoms with Gasteiger partial charge in [-0.3, -0.25) is 9.59 Å². The number of para-hydroxylation sites is 1. The van der Waals surface area contributed by atoms with Crippen LogP contribution in [0.5, 0.6) is 5.75 Å². The van der Waals surface area contributed by atoms with Crippen LogP contribution in [0.1, 0.15) is 28.5 Å². The smallest absolute Gasteiger partial charge is 0.332 e. The number of imide groups is 1. The molecule has 0 aliphatic carbocycles. The van der Waals surface area contributed by atoms with Crippen LogP contribution in [0, 0.1) is 0 Å². The number of anilines is 1. The second-order valence-electron chi connectivity index (χ2n) is 8.55. The fourth-order valence-electron chi connectivity index (χ4n) is 4.98. The SMILES string of the molecule is COCCNC(=O)c1ccccc1N1C(=O)N2CCc3c([nH]c4ccc(OC)cc34)[C@@]2(C)C1=O. The van der Waals surface area contributed by atoms with Crippen LogP contribution >= 0.6 is 0 Å². The molecule has 2 aliphatic rings. The summed E-state index contributed by atoms with van der Waals surface area (Å²) < 4.78 is 10.4. The number of rotatable bonds is 6. The van der Waals surface area contributed by atoms with E-state index in [9.17, 15) is 14.4 Å². The van der Waals surface area contributed by atoms with Gasteiger partial charge in [-0.25, -0.2) is 9.69 Å². The molecule has 2 N–H and O–H groups in total. The molecule has 0 radical (unpaired) electrons. The molecule has 0 saturated carbocycles. The molecule has 1 atom stereocenters. The van der Waals surface area contributed by atoms with Gasteiger partial charge in [-0.2, -0.15) is 0 Å². The number of hydrogen-bond donors (Lipinski definition) is 2. The highest BCUT2D eigenvalue weighted by Crippen LogP contribution is 2.46. The molecule has 176 valence electrons. The number of carbonyl (C=O) groups is 3. The maximum atomic E-state index is 13.9. The maximum Gasteiger partial charge on any atom is 0.332 e. The second kappa shape index (κ2) is 8.18. The summed E-state index contributed by atoms with van der Waals surface area (Å²) in [6.45, 7) is 2.82. The van der Waals surface area contributed by atoms with Crippen molar-refractivity contribution >= 4 is 34.4 Å². The summed E-state index contributed by atoms with van der Waals surface area (Å²) >= 11 is 0. The first kappa shape index (κ1) is 22.0. The number of nitrogens with one attached hydrogen (secondary N) is 2. The average molecular weight is 463 g/mol. The summed E-state index contributed by atoms with van der Waals surface area (Å²) in [7, 11) is 3.16. The number of fused-ring (bicyclic) bond motifs is 5. The van der Waals surface area contributed by atoms with Gasteiger partial charge in [0, 0.05) is 31.1 Å². The topological polar surface area (TPSA) is 104 Å². The van der Waals surface area contributed by atoms with Gasteiger partial charge >= 0.3 is 6.03 Å². The molecule has 3 aromatic rings. The molecule has 5 rings (SSSR count). The van der Waals surface area contributed by atoms with E-state index in [2.05, 4.69) is 10.3 Å². The summed E-state index contributed by atoms with van der Waals surface area (Å²) in [4.78, 5) is 46.4. The van der Waals surface area contributed by atoms with Crippen molar-refractivity contribution in [3.8, 4) is 5.75 Å². The van der Waals surface area contributed by atoms with Gasteiger partial charge in [0.15, 0.2) is 5.54 Å². The first-order valence-corrected chi connectivity index (χ1v) is 11.1. The van der Waals surface area contributed by atoms with Crippen molar-refractivity contribution in [2.75, 3.05) is 38.8 Å². The van der Waals surface area contributed by atoms with Crippen LogP contribution in [0.3, 0.4) is 0 Å². The van der Waals surface area contributed by atoms with Crippen LogP contribution in [-0.4, -0.2) is 61.6 Å². The van der Waals surface area contributed by atoms with Crippen LogP contribution in [-0.2, 0) is 21.5 Å². The predicted octanol–water partition coefficient (Wildman–Crippen LogP) is 2.79. The number of urea groups is 1. The summed E-state index contributed by atoms with van der Waals surface area (Å²) in [6.07, 6.45) is 0.601. The van der Waals surface area contributed by atoms with Crippen LogP contribution < -0.4 is 15.0 Å². The highest BCUT2D eigenvalue weighted by molar-refractivity contribution is 6.25. The lowest BCUT2D eigenvalue weighted by molar-refractivity contribution is -0.125. The van der Waals surface area contributed by atoms with E-state index in [0.717, 1.165) is 27.1 Å². The molecule has 0 unspecified atom stereocenters. The van der Waals surface area contributed by atoms with Gasteiger partial charge in [0.25, 0.3) is 11.8 Å². The third-order valence-electron chi connectivity index (χ3n) is 6.75. The first-order chi connectivity index (χ1) is 16.4. The number of methoxy groups -OCH3 is 2. The lowest BCUT2D eigenvalue weighted by Crippen LogP contribution is -2.49. The van der Waals surface area contributed by atoms with Crippen molar-refractivity contribution in [1.29, 1.82) is 0 Å². The Morgan fingerprint density at radius 2 is 1.97 bits per heavy atom. The number of nitrogens with zero attached hydrogens (tertiary/aromatic N) is 2. The monoisotopic (exact) mass is 462 g/mol. The van der Waals surface area contributed by atoms with Gasteiger partial charge in [0.1, 0.15) is 5.75 Å². The second-order valence-corrected chi connectivity index (χ2v) is 8.55. The molecule has 2 aliphatic heterocycles. The number of carbonyl (C=O) groups excluding carboxylic acids is 3. The molecule has 0 bridgehead atoms. The van der Waals surface area contributed by atoms with Gasteiger partial charge in [-0.15, -0.1) is 0 Å². The number of amides is 4. The van der Waals surface area contributed by atoms with E-state index in [0.29, 0.717) is 31.8 Å². The summed E-state index contributed by atoms with van der Waals surface area (Å²) in [6, 6.07) is 11.9. The van der Waals surface area contributed by atoms with Gasteiger partial charge in [0.05, 0.1) is 30.7 Å². The Morgan fingerprint density at radius 1 is 1.18 bits per heavy atom. The number of hydrogen-bond acceptors (Lipinski definition) is 5.